The van der Waals surface area contributed by atoms with Crippen molar-refractivity contribution in [2.24, 2.45) is 0 Å². The maximum Gasteiger partial charge on any atom is 0.222 e. The first kappa shape index (κ1) is 12.5. The third kappa shape index (κ3) is 3.49. The van der Waals surface area contributed by atoms with Crippen molar-refractivity contribution in [3.8, 4) is 0 Å². The summed E-state index contributed by atoms with van der Waals surface area (Å²) in [6, 6.07) is 0. The second-order valence-electron chi connectivity index (χ2n) is 4.26. The first-order valence-corrected chi connectivity index (χ1v) is 7.26. The molecule has 0 aliphatic carbocycles. The molecule has 0 radical (unpaired) electrons. The Kier molecular flexibility index (Phi) is 4.48. The second-order valence-corrected chi connectivity index (χ2v) is 5.49. The van der Waals surface area contributed by atoms with Crippen molar-refractivity contribution in [1.29, 1.82) is 0 Å². The van der Waals surface area contributed by atoms with E-state index >= 15 is 0 Å². The molecule has 0 aromatic carbocycles. The van der Waals surface area contributed by atoms with Crippen molar-refractivity contribution in [3.05, 3.63) is 18.2 Å². The molecule has 4 nitrogen and oxygen atoms in total. The quantitative estimate of drug-likeness (QED) is 0.817. The minimum absolute atomic E-state index is 0.308. The number of nitrogens with zero attached hydrogens (tertiary/aromatic N) is 3. The summed E-state index contributed by atoms with van der Waals surface area (Å²) in [5.74, 6) is 3.51. The number of carbonyl (C=O) groups excluding carboxylic acids is 1. The number of amides is 1. The number of hydrogen-bond donors (Lipinski definition) is 0. The van der Waals surface area contributed by atoms with Gasteiger partial charge in [0, 0.05) is 50.0 Å². The molecular formula is C12H19N3OS. The average molecular weight is 253 g/mol. The van der Waals surface area contributed by atoms with Crippen LogP contribution in [-0.4, -0.2) is 45.0 Å². The van der Waals surface area contributed by atoms with Crippen molar-refractivity contribution >= 4 is 17.7 Å². The van der Waals surface area contributed by atoms with Gasteiger partial charge in [-0.1, -0.05) is 0 Å². The van der Waals surface area contributed by atoms with Gasteiger partial charge in [0.2, 0.25) is 5.91 Å². The van der Waals surface area contributed by atoms with Crippen molar-refractivity contribution in [2.75, 3.05) is 24.6 Å². The molecule has 0 unspecified atom stereocenters. The number of aryl methyl sites for hydroxylation is 2. The smallest absolute Gasteiger partial charge is 0.222 e. The van der Waals surface area contributed by atoms with Crippen LogP contribution in [0.5, 0.6) is 0 Å². The lowest BCUT2D eigenvalue weighted by molar-refractivity contribution is -0.130. The van der Waals surface area contributed by atoms with Gasteiger partial charge in [-0.2, -0.15) is 11.8 Å². The van der Waals surface area contributed by atoms with Crippen LogP contribution in [0.25, 0.3) is 0 Å². The predicted octanol–water partition coefficient (Wildman–Crippen LogP) is 1.55. The summed E-state index contributed by atoms with van der Waals surface area (Å²) in [5.41, 5.74) is 0. The molecule has 0 spiro atoms. The molecule has 1 fully saturated rings. The van der Waals surface area contributed by atoms with Gasteiger partial charge in [0.15, 0.2) is 0 Å². The summed E-state index contributed by atoms with van der Waals surface area (Å²) in [6.07, 6.45) is 5.33. The standard InChI is InChI=1S/C12H19N3OS/c1-11-13-4-6-14(11)5-2-3-12(16)15-7-9-17-10-8-15/h4,6H,2-3,5,7-10H2,1H3. The third-order valence-corrected chi connectivity index (χ3v) is 4.02. The highest BCUT2D eigenvalue weighted by atomic mass is 32.2. The van der Waals surface area contributed by atoms with E-state index in [0.717, 1.165) is 43.4 Å². The molecule has 2 heterocycles. The van der Waals surface area contributed by atoms with Gasteiger partial charge < -0.3 is 9.47 Å². The fourth-order valence-corrected chi connectivity index (χ4v) is 2.91. The van der Waals surface area contributed by atoms with Crippen LogP contribution in [-0.2, 0) is 11.3 Å². The third-order valence-electron chi connectivity index (χ3n) is 3.08. The van der Waals surface area contributed by atoms with E-state index in [4.69, 9.17) is 0 Å². The number of aromatic nitrogens is 2. The minimum Gasteiger partial charge on any atom is -0.341 e. The molecule has 2 rings (SSSR count). The Hall–Kier alpha value is -0.970. The fourth-order valence-electron chi connectivity index (χ4n) is 2.01. The summed E-state index contributed by atoms with van der Waals surface area (Å²) in [6.45, 7) is 4.73. The van der Waals surface area contributed by atoms with E-state index in [0.29, 0.717) is 12.3 Å². The van der Waals surface area contributed by atoms with E-state index < -0.39 is 0 Å². The molecule has 1 amide bonds. The van der Waals surface area contributed by atoms with E-state index in [-0.39, 0.29) is 0 Å². The summed E-state index contributed by atoms with van der Waals surface area (Å²) in [7, 11) is 0. The van der Waals surface area contributed by atoms with Crippen LogP contribution in [0.1, 0.15) is 18.7 Å². The van der Waals surface area contributed by atoms with Crippen LogP contribution in [0.3, 0.4) is 0 Å². The molecule has 1 aromatic rings. The van der Waals surface area contributed by atoms with Crippen LogP contribution in [0.15, 0.2) is 12.4 Å². The van der Waals surface area contributed by atoms with E-state index in [9.17, 15) is 4.79 Å². The second kappa shape index (κ2) is 6.10. The van der Waals surface area contributed by atoms with Crippen LogP contribution >= 0.6 is 11.8 Å². The Morgan fingerprint density at radius 3 is 2.88 bits per heavy atom. The predicted molar refractivity (Wildman–Crippen MR) is 70.1 cm³/mol. The average Bonchev–Trinajstić information content (AvgIpc) is 2.76. The van der Waals surface area contributed by atoms with Gasteiger partial charge in [0.25, 0.3) is 0 Å². The number of carbonyl (C=O) groups is 1. The molecular weight excluding hydrogens is 234 g/mol. The van der Waals surface area contributed by atoms with Crippen LogP contribution in [0, 0.1) is 6.92 Å². The Morgan fingerprint density at radius 2 is 2.24 bits per heavy atom. The van der Waals surface area contributed by atoms with Crippen molar-refractivity contribution in [3.63, 3.8) is 0 Å². The first-order valence-electron chi connectivity index (χ1n) is 6.10. The van der Waals surface area contributed by atoms with Crippen molar-refractivity contribution in [2.45, 2.75) is 26.3 Å². The molecule has 17 heavy (non-hydrogen) atoms. The number of thioether (sulfide) groups is 1. The van der Waals surface area contributed by atoms with Gasteiger partial charge in [-0.15, -0.1) is 0 Å². The van der Waals surface area contributed by atoms with E-state index in [1.807, 2.05) is 29.8 Å². The molecule has 0 atom stereocenters. The van der Waals surface area contributed by atoms with Gasteiger partial charge >= 0.3 is 0 Å². The summed E-state index contributed by atoms with van der Waals surface area (Å²) < 4.78 is 2.10. The van der Waals surface area contributed by atoms with Gasteiger partial charge in [0.1, 0.15) is 5.82 Å². The molecule has 0 bridgehead atoms. The highest BCUT2D eigenvalue weighted by Crippen LogP contribution is 2.11. The lowest BCUT2D eigenvalue weighted by Gasteiger charge is -2.26. The van der Waals surface area contributed by atoms with Crippen LogP contribution in [0.2, 0.25) is 0 Å². The van der Waals surface area contributed by atoms with Crippen LogP contribution < -0.4 is 0 Å². The Labute approximate surface area is 106 Å². The topological polar surface area (TPSA) is 38.1 Å². The number of hydrogen-bond acceptors (Lipinski definition) is 3. The van der Waals surface area contributed by atoms with E-state index in [1.54, 1.807) is 6.20 Å². The van der Waals surface area contributed by atoms with E-state index in [2.05, 4.69) is 9.55 Å². The zero-order valence-corrected chi connectivity index (χ0v) is 11.1. The lowest BCUT2D eigenvalue weighted by atomic mass is 10.2. The van der Waals surface area contributed by atoms with Gasteiger partial charge in [-0.25, -0.2) is 4.98 Å². The zero-order valence-electron chi connectivity index (χ0n) is 10.3. The van der Waals surface area contributed by atoms with Gasteiger partial charge in [0.05, 0.1) is 0 Å². The Morgan fingerprint density at radius 1 is 1.47 bits per heavy atom. The largest absolute Gasteiger partial charge is 0.341 e. The maximum atomic E-state index is 11.9. The van der Waals surface area contributed by atoms with Gasteiger partial charge in [-0.05, 0) is 13.3 Å². The SMILES string of the molecule is Cc1nccn1CCCC(=O)N1CCSCC1. The fraction of sp³-hybridized carbons (Fsp3) is 0.667. The highest BCUT2D eigenvalue weighted by molar-refractivity contribution is 7.99. The molecule has 0 saturated carbocycles. The van der Waals surface area contributed by atoms with Crippen molar-refractivity contribution < 1.29 is 4.79 Å². The zero-order chi connectivity index (χ0) is 12.1. The number of imidazole rings is 1. The normalized spacial score (nSPS) is 16.2. The van der Waals surface area contributed by atoms with Crippen molar-refractivity contribution in [1.82, 2.24) is 14.5 Å². The molecule has 94 valence electrons. The highest BCUT2D eigenvalue weighted by Gasteiger charge is 2.15. The molecule has 1 saturated heterocycles. The molecule has 1 aliphatic rings. The minimum atomic E-state index is 0.308. The molecule has 1 aliphatic heterocycles. The molecule has 5 heteroatoms. The number of rotatable bonds is 4. The monoisotopic (exact) mass is 253 g/mol. The molecule has 0 N–H and O–H groups in total. The first-order chi connectivity index (χ1) is 8.27. The Bertz CT molecular complexity index is 372. The maximum absolute atomic E-state index is 11.9. The molecule has 1 aromatic heterocycles. The summed E-state index contributed by atoms with van der Waals surface area (Å²) >= 11 is 1.93. The summed E-state index contributed by atoms with van der Waals surface area (Å²) in [5, 5.41) is 0. The lowest BCUT2D eigenvalue weighted by Crippen LogP contribution is -2.37. The van der Waals surface area contributed by atoms with Crippen LogP contribution in [0.4, 0.5) is 0 Å². The van der Waals surface area contributed by atoms with Gasteiger partial charge in [-0.3, -0.25) is 4.79 Å². The van der Waals surface area contributed by atoms with E-state index in [1.165, 1.54) is 0 Å². The summed E-state index contributed by atoms with van der Waals surface area (Å²) in [4.78, 5) is 18.1. The Balaban J connectivity index is 1.71.